The Labute approximate surface area is 121 Å². The van der Waals surface area contributed by atoms with Gasteiger partial charge in [-0.15, -0.1) is 0 Å². The average molecular weight is 294 g/mol. The Morgan fingerprint density at radius 2 is 1.75 bits per heavy atom. The van der Waals surface area contributed by atoms with Gasteiger partial charge >= 0.3 is 0 Å². The standard InChI is InChI=1S/C15H22N2O2S/c1-12-3-5-13(6-4-12)11-16-9-7-15-14(16)8-10-17(15)20(2,18)19/h3-6,14-15H,7-11H2,1-2H3/t14-,15+/m0/s1. The lowest BCUT2D eigenvalue weighted by Crippen LogP contribution is -2.38. The maximum absolute atomic E-state index is 11.8. The van der Waals surface area contributed by atoms with Crippen LogP contribution >= 0.6 is 0 Å². The maximum atomic E-state index is 11.8. The molecule has 3 rings (SSSR count). The summed E-state index contributed by atoms with van der Waals surface area (Å²) in [5, 5.41) is 0. The number of aryl methyl sites for hydroxylation is 1. The first kappa shape index (κ1) is 14.0. The molecule has 0 amide bonds. The van der Waals surface area contributed by atoms with Crippen molar-refractivity contribution in [2.75, 3.05) is 19.3 Å². The number of hydrogen-bond donors (Lipinski definition) is 0. The summed E-state index contributed by atoms with van der Waals surface area (Å²) < 4.78 is 25.3. The van der Waals surface area contributed by atoms with Gasteiger partial charge in [-0.2, -0.15) is 4.31 Å². The predicted molar refractivity (Wildman–Crippen MR) is 79.9 cm³/mol. The molecule has 0 N–H and O–H groups in total. The van der Waals surface area contributed by atoms with Gasteiger partial charge in [0.2, 0.25) is 10.0 Å². The molecular formula is C15H22N2O2S. The smallest absolute Gasteiger partial charge is 0.211 e. The van der Waals surface area contributed by atoms with Crippen molar-refractivity contribution in [3.8, 4) is 0 Å². The SMILES string of the molecule is Cc1ccc(CN2CC[C@@H]3[C@@H]2CCN3S(C)(=O)=O)cc1. The molecule has 2 fully saturated rings. The maximum Gasteiger partial charge on any atom is 0.211 e. The molecule has 1 aromatic carbocycles. The summed E-state index contributed by atoms with van der Waals surface area (Å²) in [6.07, 6.45) is 3.26. The van der Waals surface area contributed by atoms with E-state index in [1.54, 1.807) is 4.31 Å². The summed E-state index contributed by atoms with van der Waals surface area (Å²) in [6.45, 7) is 4.70. The lowest BCUT2D eigenvalue weighted by atomic mass is 10.1. The first-order valence-corrected chi connectivity index (χ1v) is 9.06. The fourth-order valence-corrected chi connectivity index (χ4v) is 4.75. The van der Waals surface area contributed by atoms with Crippen LogP contribution in [0.2, 0.25) is 0 Å². The molecule has 0 aliphatic carbocycles. The van der Waals surface area contributed by atoms with Gasteiger partial charge in [0.1, 0.15) is 0 Å². The zero-order valence-electron chi connectivity index (χ0n) is 12.1. The van der Waals surface area contributed by atoms with Gasteiger partial charge in [-0.25, -0.2) is 8.42 Å². The number of fused-ring (bicyclic) bond motifs is 1. The molecular weight excluding hydrogens is 272 g/mol. The minimum absolute atomic E-state index is 0.190. The van der Waals surface area contributed by atoms with E-state index in [0.29, 0.717) is 12.6 Å². The zero-order valence-corrected chi connectivity index (χ0v) is 12.9. The fourth-order valence-electron chi connectivity index (χ4n) is 3.57. The quantitative estimate of drug-likeness (QED) is 0.850. The summed E-state index contributed by atoms with van der Waals surface area (Å²) in [7, 11) is -3.05. The number of sulfonamides is 1. The molecule has 1 aromatic rings. The lowest BCUT2D eigenvalue weighted by molar-refractivity contribution is 0.240. The zero-order chi connectivity index (χ0) is 14.3. The Morgan fingerprint density at radius 3 is 2.40 bits per heavy atom. The topological polar surface area (TPSA) is 40.6 Å². The summed E-state index contributed by atoms with van der Waals surface area (Å²) >= 11 is 0. The lowest BCUT2D eigenvalue weighted by Gasteiger charge is -2.24. The number of benzene rings is 1. The number of likely N-dealkylation sites (tertiary alicyclic amines) is 1. The second-order valence-corrected chi connectivity index (χ2v) is 7.98. The molecule has 0 bridgehead atoms. The molecule has 0 saturated carbocycles. The second kappa shape index (κ2) is 5.13. The molecule has 0 aromatic heterocycles. The molecule has 4 nitrogen and oxygen atoms in total. The first-order valence-electron chi connectivity index (χ1n) is 7.21. The molecule has 5 heteroatoms. The van der Waals surface area contributed by atoms with Gasteiger partial charge in [-0.05, 0) is 25.3 Å². The van der Waals surface area contributed by atoms with E-state index in [4.69, 9.17) is 0 Å². The van der Waals surface area contributed by atoms with Crippen LogP contribution in [0.4, 0.5) is 0 Å². The molecule has 2 heterocycles. The van der Waals surface area contributed by atoms with Crippen molar-refractivity contribution in [2.45, 2.75) is 38.4 Å². The Morgan fingerprint density at radius 1 is 1.10 bits per heavy atom. The van der Waals surface area contributed by atoms with Crippen molar-refractivity contribution < 1.29 is 8.42 Å². The molecule has 0 spiro atoms. The molecule has 110 valence electrons. The normalized spacial score (nSPS) is 27.9. The van der Waals surface area contributed by atoms with Gasteiger partial charge in [0, 0.05) is 31.7 Å². The average Bonchev–Trinajstić information content (AvgIpc) is 2.94. The summed E-state index contributed by atoms with van der Waals surface area (Å²) in [5.41, 5.74) is 2.59. The summed E-state index contributed by atoms with van der Waals surface area (Å²) in [6, 6.07) is 9.21. The Balaban J connectivity index is 1.71. The van der Waals surface area contributed by atoms with Crippen LogP contribution in [0, 0.1) is 6.92 Å². The highest BCUT2D eigenvalue weighted by Crippen LogP contribution is 2.33. The summed E-state index contributed by atoms with van der Waals surface area (Å²) in [4.78, 5) is 2.44. The van der Waals surface area contributed by atoms with Gasteiger partial charge in [-0.3, -0.25) is 4.90 Å². The van der Waals surface area contributed by atoms with Crippen LogP contribution in [0.3, 0.4) is 0 Å². The van der Waals surface area contributed by atoms with Crippen molar-refractivity contribution in [3.05, 3.63) is 35.4 Å². The fraction of sp³-hybridized carbons (Fsp3) is 0.600. The van der Waals surface area contributed by atoms with Crippen molar-refractivity contribution in [1.29, 1.82) is 0 Å². The van der Waals surface area contributed by atoms with Crippen LogP contribution in [-0.2, 0) is 16.6 Å². The van der Waals surface area contributed by atoms with Crippen molar-refractivity contribution >= 4 is 10.0 Å². The van der Waals surface area contributed by atoms with E-state index < -0.39 is 10.0 Å². The highest BCUT2D eigenvalue weighted by Gasteiger charge is 2.45. The van der Waals surface area contributed by atoms with Crippen LogP contribution in [0.5, 0.6) is 0 Å². The number of rotatable bonds is 3. The second-order valence-electron chi connectivity index (χ2n) is 6.04. The van der Waals surface area contributed by atoms with E-state index >= 15 is 0 Å². The number of nitrogens with zero attached hydrogens (tertiary/aromatic N) is 2. The molecule has 0 unspecified atom stereocenters. The highest BCUT2D eigenvalue weighted by atomic mass is 32.2. The van der Waals surface area contributed by atoms with Crippen molar-refractivity contribution in [1.82, 2.24) is 9.21 Å². The highest BCUT2D eigenvalue weighted by molar-refractivity contribution is 7.88. The molecule has 2 atom stereocenters. The van der Waals surface area contributed by atoms with E-state index in [1.807, 2.05) is 0 Å². The third kappa shape index (κ3) is 2.62. The van der Waals surface area contributed by atoms with E-state index in [9.17, 15) is 8.42 Å². The number of hydrogen-bond acceptors (Lipinski definition) is 3. The largest absolute Gasteiger partial charge is 0.294 e. The monoisotopic (exact) mass is 294 g/mol. The van der Waals surface area contributed by atoms with Crippen molar-refractivity contribution in [2.24, 2.45) is 0 Å². The van der Waals surface area contributed by atoms with Gasteiger partial charge in [0.05, 0.1) is 6.26 Å². The van der Waals surface area contributed by atoms with Crippen LogP contribution in [0.1, 0.15) is 24.0 Å². The van der Waals surface area contributed by atoms with Crippen LogP contribution in [0.25, 0.3) is 0 Å². The van der Waals surface area contributed by atoms with Gasteiger partial charge < -0.3 is 0 Å². The summed E-state index contributed by atoms with van der Waals surface area (Å²) in [5.74, 6) is 0. The molecule has 2 aliphatic heterocycles. The Kier molecular flexibility index (Phi) is 3.60. The van der Waals surface area contributed by atoms with E-state index in [2.05, 4.69) is 36.1 Å². The molecule has 2 aliphatic rings. The van der Waals surface area contributed by atoms with Crippen LogP contribution in [0.15, 0.2) is 24.3 Å². The minimum Gasteiger partial charge on any atom is -0.294 e. The molecule has 2 saturated heterocycles. The molecule has 0 radical (unpaired) electrons. The van der Waals surface area contributed by atoms with E-state index in [1.165, 1.54) is 17.4 Å². The van der Waals surface area contributed by atoms with Gasteiger partial charge in [0.15, 0.2) is 0 Å². The van der Waals surface area contributed by atoms with Crippen molar-refractivity contribution in [3.63, 3.8) is 0 Å². The third-order valence-electron chi connectivity index (χ3n) is 4.57. The Bertz CT molecular complexity index is 582. The third-order valence-corrected chi connectivity index (χ3v) is 5.88. The first-order chi connectivity index (χ1) is 9.45. The predicted octanol–water partition coefficient (Wildman–Crippen LogP) is 1.60. The van der Waals surface area contributed by atoms with E-state index in [-0.39, 0.29) is 6.04 Å². The van der Waals surface area contributed by atoms with Crippen LogP contribution in [-0.4, -0.2) is 49.1 Å². The van der Waals surface area contributed by atoms with Gasteiger partial charge in [-0.1, -0.05) is 29.8 Å². The Hall–Kier alpha value is -0.910. The molecule has 20 heavy (non-hydrogen) atoms. The minimum atomic E-state index is -3.05. The van der Waals surface area contributed by atoms with Gasteiger partial charge in [0.25, 0.3) is 0 Å². The van der Waals surface area contributed by atoms with Crippen LogP contribution < -0.4 is 0 Å². The van der Waals surface area contributed by atoms with E-state index in [0.717, 1.165) is 25.9 Å².